The maximum absolute atomic E-state index is 6.28. The summed E-state index contributed by atoms with van der Waals surface area (Å²) in [4.78, 5) is 0. The van der Waals surface area contributed by atoms with Gasteiger partial charge < -0.3 is 23.3 Å². The Hall–Kier alpha value is -2.44. The Morgan fingerprint density at radius 3 is 2.10 bits per heavy atom. The van der Waals surface area contributed by atoms with Crippen molar-refractivity contribution < 1.29 is 18.8 Å². The van der Waals surface area contributed by atoms with E-state index in [1.54, 1.807) is 14.2 Å². The Labute approximate surface area is 172 Å². The van der Waals surface area contributed by atoms with E-state index in [0.29, 0.717) is 6.54 Å². The van der Waals surface area contributed by atoms with Gasteiger partial charge in [0.05, 0.1) is 25.4 Å². The Kier molecular flexibility index (Phi) is 4.87. The molecular formula is C23H28BNO4. The molecule has 0 N–H and O–H groups in total. The first-order valence-corrected chi connectivity index (χ1v) is 9.89. The number of aromatic nitrogens is 1. The average molecular weight is 393 g/mol. The number of methoxy groups -OCH3 is 2. The van der Waals surface area contributed by atoms with Gasteiger partial charge >= 0.3 is 7.12 Å². The van der Waals surface area contributed by atoms with Crippen molar-refractivity contribution in [3.63, 3.8) is 0 Å². The number of ether oxygens (including phenoxy) is 2. The molecule has 29 heavy (non-hydrogen) atoms. The van der Waals surface area contributed by atoms with Crippen molar-refractivity contribution in [3.8, 4) is 11.5 Å². The monoisotopic (exact) mass is 393 g/mol. The fourth-order valence-corrected chi connectivity index (χ4v) is 3.72. The van der Waals surface area contributed by atoms with Crippen LogP contribution >= 0.6 is 0 Å². The van der Waals surface area contributed by atoms with E-state index in [-0.39, 0.29) is 18.3 Å². The van der Waals surface area contributed by atoms with E-state index in [4.69, 9.17) is 18.8 Å². The van der Waals surface area contributed by atoms with Gasteiger partial charge in [0, 0.05) is 24.3 Å². The number of nitrogens with zero attached hydrogens (tertiary/aromatic N) is 1. The predicted octanol–water partition coefficient (Wildman–Crippen LogP) is 4.01. The summed E-state index contributed by atoms with van der Waals surface area (Å²) in [6.45, 7) is 9.02. The number of rotatable bonds is 5. The fraction of sp³-hybridized carbons (Fsp3) is 0.391. The van der Waals surface area contributed by atoms with E-state index in [1.807, 2.05) is 18.2 Å². The van der Waals surface area contributed by atoms with Crippen LogP contribution in [0, 0.1) is 0 Å². The Bertz CT molecular complexity index is 1000. The van der Waals surface area contributed by atoms with Gasteiger partial charge in [-0.2, -0.15) is 0 Å². The SMILES string of the molecule is COc1cc(Cn2ccc3c(B4OC(C)(C)C(C)(C)O4)cccc32)cc(OC)c1. The van der Waals surface area contributed by atoms with E-state index in [9.17, 15) is 0 Å². The van der Waals surface area contributed by atoms with Crippen molar-refractivity contribution >= 4 is 23.5 Å². The lowest BCUT2D eigenvalue weighted by molar-refractivity contribution is 0.00578. The zero-order chi connectivity index (χ0) is 20.8. The van der Waals surface area contributed by atoms with Crippen LogP contribution in [0.5, 0.6) is 11.5 Å². The van der Waals surface area contributed by atoms with Crippen LogP contribution in [-0.4, -0.2) is 37.1 Å². The second kappa shape index (κ2) is 7.11. The van der Waals surface area contributed by atoms with Crippen LogP contribution in [0.1, 0.15) is 33.3 Å². The normalized spacial score (nSPS) is 17.7. The standard InChI is InChI=1S/C23H28BNO4/c1-22(2)23(3,4)29-24(28-22)20-8-7-9-21-19(20)10-11-25(21)15-16-12-17(26-5)14-18(13-16)27-6/h7-14H,15H2,1-6H3. The smallest absolute Gasteiger partial charge is 0.495 e. The molecule has 6 heteroatoms. The van der Waals surface area contributed by atoms with Gasteiger partial charge in [0.2, 0.25) is 0 Å². The molecule has 1 aromatic heterocycles. The lowest BCUT2D eigenvalue weighted by Crippen LogP contribution is -2.41. The Morgan fingerprint density at radius 1 is 0.897 bits per heavy atom. The first-order chi connectivity index (χ1) is 13.7. The maximum Gasteiger partial charge on any atom is 0.495 e. The summed E-state index contributed by atoms with van der Waals surface area (Å²) in [5, 5.41) is 1.14. The van der Waals surface area contributed by atoms with Gasteiger partial charge in [-0.05, 0) is 68.4 Å². The molecule has 1 aliphatic heterocycles. The Morgan fingerprint density at radius 2 is 1.52 bits per heavy atom. The molecule has 0 saturated carbocycles. The van der Waals surface area contributed by atoms with Gasteiger partial charge in [-0.15, -0.1) is 0 Å². The molecule has 1 fully saturated rings. The molecule has 0 radical (unpaired) electrons. The predicted molar refractivity (Wildman–Crippen MR) is 116 cm³/mol. The highest BCUT2D eigenvalue weighted by Gasteiger charge is 2.52. The molecule has 1 aliphatic rings. The summed E-state index contributed by atoms with van der Waals surface area (Å²) >= 11 is 0. The summed E-state index contributed by atoms with van der Waals surface area (Å²) in [6, 6.07) is 14.4. The summed E-state index contributed by atoms with van der Waals surface area (Å²) < 4.78 is 25.6. The molecule has 2 heterocycles. The third kappa shape index (κ3) is 3.51. The molecule has 0 unspecified atom stereocenters. The van der Waals surface area contributed by atoms with Gasteiger partial charge in [-0.25, -0.2) is 0 Å². The molecule has 3 aromatic rings. The molecule has 1 saturated heterocycles. The van der Waals surface area contributed by atoms with Crippen molar-refractivity contribution in [2.45, 2.75) is 45.4 Å². The van der Waals surface area contributed by atoms with Gasteiger partial charge in [-0.3, -0.25) is 0 Å². The van der Waals surface area contributed by atoms with Crippen LogP contribution in [0.4, 0.5) is 0 Å². The Balaban J connectivity index is 1.69. The van der Waals surface area contributed by atoms with Crippen molar-refractivity contribution in [1.29, 1.82) is 0 Å². The molecule has 2 aromatic carbocycles. The topological polar surface area (TPSA) is 41.9 Å². The average Bonchev–Trinajstić information content (AvgIpc) is 3.18. The molecule has 4 rings (SSSR count). The van der Waals surface area contributed by atoms with E-state index in [1.165, 1.54) is 0 Å². The zero-order valence-electron chi connectivity index (χ0n) is 18.0. The summed E-state index contributed by atoms with van der Waals surface area (Å²) in [5.41, 5.74) is 2.58. The molecule has 152 valence electrons. The van der Waals surface area contributed by atoms with Gasteiger partial charge in [0.1, 0.15) is 11.5 Å². The third-order valence-electron chi connectivity index (χ3n) is 6.12. The van der Waals surface area contributed by atoms with Crippen LogP contribution in [-0.2, 0) is 15.9 Å². The van der Waals surface area contributed by atoms with E-state index in [2.05, 4.69) is 62.7 Å². The van der Waals surface area contributed by atoms with E-state index in [0.717, 1.165) is 33.4 Å². The molecule has 0 spiro atoms. The molecule has 0 atom stereocenters. The van der Waals surface area contributed by atoms with Crippen LogP contribution < -0.4 is 14.9 Å². The molecule has 0 bridgehead atoms. The molecule has 0 amide bonds. The largest absolute Gasteiger partial charge is 0.497 e. The molecule has 0 aliphatic carbocycles. The van der Waals surface area contributed by atoms with Gasteiger partial charge in [-0.1, -0.05) is 12.1 Å². The van der Waals surface area contributed by atoms with Crippen LogP contribution in [0.25, 0.3) is 10.9 Å². The highest BCUT2D eigenvalue weighted by atomic mass is 16.7. The minimum atomic E-state index is -0.378. The van der Waals surface area contributed by atoms with Crippen molar-refractivity contribution in [2.24, 2.45) is 0 Å². The summed E-state index contributed by atoms with van der Waals surface area (Å²) in [7, 11) is 2.96. The molecule has 5 nitrogen and oxygen atoms in total. The second-order valence-corrected chi connectivity index (χ2v) is 8.53. The van der Waals surface area contributed by atoms with E-state index >= 15 is 0 Å². The summed E-state index contributed by atoms with van der Waals surface area (Å²) in [5.74, 6) is 1.57. The number of hydrogen-bond acceptors (Lipinski definition) is 4. The van der Waals surface area contributed by atoms with Crippen LogP contribution in [0.3, 0.4) is 0 Å². The van der Waals surface area contributed by atoms with Crippen molar-refractivity contribution in [3.05, 3.63) is 54.2 Å². The lowest BCUT2D eigenvalue weighted by Gasteiger charge is -2.32. The number of benzene rings is 2. The van der Waals surface area contributed by atoms with Crippen molar-refractivity contribution in [1.82, 2.24) is 4.57 Å². The van der Waals surface area contributed by atoms with Gasteiger partial charge in [0.15, 0.2) is 0 Å². The minimum absolute atomic E-state index is 0.362. The number of hydrogen-bond donors (Lipinski definition) is 0. The lowest BCUT2D eigenvalue weighted by atomic mass is 9.77. The van der Waals surface area contributed by atoms with Crippen LogP contribution in [0.15, 0.2) is 48.7 Å². The zero-order valence-corrected chi connectivity index (χ0v) is 18.0. The van der Waals surface area contributed by atoms with Crippen molar-refractivity contribution in [2.75, 3.05) is 14.2 Å². The number of fused-ring (bicyclic) bond motifs is 1. The second-order valence-electron chi connectivity index (χ2n) is 8.53. The third-order valence-corrected chi connectivity index (χ3v) is 6.12. The first kappa shape index (κ1) is 19.9. The molecular weight excluding hydrogens is 365 g/mol. The van der Waals surface area contributed by atoms with E-state index < -0.39 is 0 Å². The van der Waals surface area contributed by atoms with Crippen LogP contribution in [0.2, 0.25) is 0 Å². The van der Waals surface area contributed by atoms with Gasteiger partial charge in [0.25, 0.3) is 0 Å². The fourth-order valence-electron chi connectivity index (χ4n) is 3.72. The quantitative estimate of drug-likeness (QED) is 0.615. The highest BCUT2D eigenvalue weighted by Crippen LogP contribution is 2.37. The minimum Gasteiger partial charge on any atom is -0.497 e. The highest BCUT2D eigenvalue weighted by molar-refractivity contribution is 6.65. The summed E-state index contributed by atoms with van der Waals surface area (Å²) in [6.07, 6.45) is 2.10. The first-order valence-electron chi connectivity index (χ1n) is 9.89. The maximum atomic E-state index is 6.28.